The van der Waals surface area contributed by atoms with E-state index in [4.69, 9.17) is 9.97 Å². The normalized spacial score (nSPS) is 10.5. The van der Waals surface area contributed by atoms with E-state index in [1.807, 2.05) is 50.2 Å². The Morgan fingerprint density at radius 1 is 0.550 bits per heavy atom. The summed E-state index contributed by atoms with van der Waals surface area (Å²) in [6, 6.07) is 20.4. The Balaban J connectivity index is 2.26. The van der Waals surface area contributed by atoms with Gasteiger partial charge in [-0.15, -0.1) is 0 Å². The molecule has 0 fully saturated rings. The summed E-state index contributed by atoms with van der Waals surface area (Å²) >= 11 is 0. The van der Waals surface area contributed by atoms with Gasteiger partial charge < -0.3 is 0 Å². The van der Waals surface area contributed by atoms with Crippen molar-refractivity contribution in [2.24, 2.45) is 0 Å². The monoisotopic (exact) mass is 260 g/mol. The number of hydrogen-bond donors (Lipinski definition) is 0. The molecule has 0 amide bonds. The number of rotatable bonds is 2. The second-order valence-electron chi connectivity index (χ2n) is 4.82. The number of aryl methyl sites for hydroxylation is 2. The van der Waals surface area contributed by atoms with Crippen molar-refractivity contribution in [1.82, 2.24) is 9.97 Å². The van der Waals surface area contributed by atoms with E-state index in [0.717, 1.165) is 33.9 Å². The molecule has 0 unspecified atom stereocenters. The molecule has 3 rings (SSSR count). The Morgan fingerprint density at radius 3 is 1.25 bits per heavy atom. The third-order valence-electron chi connectivity index (χ3n) is 3.40. The lowest BCUT2D eigenvalue weighted by Crippen LogP contribution is -1.99. The Morgan fingerprint density at radius 2 is 0.900 bits per heavy atom. The molecule has 3 aromatic rings. The first kappa shape index (κ1) is 12.5. The fraction of sp³-hybridized carbons (Fsp3) is 0.111. The Hall–Kier alpha value is -2.48. The molecule has 0 aliphatic heterocycles. The van der Waals surface area contributed by atoms with Gasteiger partial charge in [0.1, 0.15) is 0 Å². The molecule has 0 radical (unpaired) electrons. The van der Waals surface area contributed by atoms with Crippen LogP contribution in [0.25, 0.3) is 22.5 Å². The van der Waals surface area contributed by atoms with E-state index in [-0.39, 0.29) is 0 Å². The van der Waals surface area contributed by atoms with Crippen LogP contribution >= 0.6 is 0 Å². The zero-order valence-corrected chi connectivity index (χ0v) is 11.7. The highest BCUT2D eigenvalue weighted by Gasteiger charge is 2.12. The molecule has 0 saturated heterocycles. The molecule has 0 aliphatic carbocycles. The fourth-order valence-electron chi connectivity index (χ4n) is 2.20. The van der Waals surface area contributed by atoms with E-state index in [1.165, 1.54) is 0 Å². The van der Waals surface area contributed by atoms with Gasteiger partial charge in [-0.25, -0.2) is 9.97 Å². The maximum atomic E-state index is 4.76. The highest BCUT2D eigenvalue weighted by atomic mass is 14.8. The Kier molecular flexibility index (Phi) is 3.30. The minimum atomic E-state index is 0.944. The van der Waals surface area contributed by atoms with E-state index >= 15 is 0 Å². The molecule has 2 nitrogen and oxygen atoms in total. The standard InChI is InChI=1S/C18H16N2/c1-13-14(2)20-18(16-11-7-4-8-12-16)17(19-13)15-9-5-3-6-10-15/h3-12H,1-2H3. The quantitative estimate of drug-likeness (QED) is 0.681. The highest BCUT2D eigenvalue weighted by Crippen LogP contribution is 2.29. The van der Waals surface area contributed by atoms with Crippen molar-refractivity contribution in [2.75, 3.05) is 0 Å². The van der Waals surface area contributed by atoms with Crippen LogP contribution < -0.4 is 0 Å². The summed E-state index contributed by atoms with van der Waals surface area (Å²) in [5.74, 6) is 0. The van der Waals surface area contributed by atoms with Crippen LogP contribution in [0.5, 0.6) is 0 Å². The van der Waals surface area contributed by atoms with Crippen LogP contribution in [-0.2, 0) is 0 Å². The maximum Gasteiger partial charge on any atom is 0.0968 e. The van der Waals surface area contributed by atoms with Crippen LogP contribution in [0.2, 0.25) is 0 Å². The minimum absolute atomic E-state index is 0.944. The first-order valence-corrected chi connectivity index (χ1v) is 6.72. The number of nitrogens with zero attached hydrogens (tertiary/aromatic N) is 2. The molecular formula is C18H16N2. The van der Waals surface area contributed by atoms with Crippen LogP contribution in [0.15, 0.2) is 60.7 Å². The second kappa shape index (κ2) is 5.25. The van der Waals surface area contributed by atoms with Crippen LogP contribution in [0.3, 0.4) is 0 Å². The fourth-order valence-corrected chi connectivity index (χ4v) is 2.20. The summed E-state index contributed by atoms with van der Waals surface area (Å²) in [6.45, 7) is 4.01. The van der Waals surface area contributed by atoms with E-state index in [9.17, 15) is 0 Å². The molecule has 0 saturated carbocycles. The van der Waals surface area contributed by atoms with Gasteiger partial charge in [-0.1, -0.05) is 60.7 Å². The zero-order valence-electron chi connectivity index (χ0n) is 11.7. The van der Waals surface area contributed by atoms with Crippen molar-refractivity contribution in [3.05, 3.63) is 72.1 Å². The van der Waals surface area contributed by atoms with Crippen molar-refractivity contribution >= 4 is 0 Å². The first-order valence-electron chi connectivity index (χ1n) is 6.72. The van der Waals surface area contributed by atoms with Gasteiger partial charge >= 0.3 is 0 Å². The van der Waals surface area contributed by atoms with E-state index in [2.05, 4.69) is 24.3 Å². The molecule has 1 heterocycles. The van der Waals surface area contributed by atoms with Gasteiger partial charge in [0.05, 0.1) is 22.8 Å². The molecule has 0 N–H and O–H groups in total. The van der Waals surface area contributed by atoms with Crippen LogP contribution in [0, 0.1) is 13.8 Å². The van der Waals surface area contributed by atoms with Crippen molar-refractivity contribution in [3.63, 3.8) is 0 Å². The molecule has 20 heavy (non-hydrogen) atoms. The largest absolute Gasteiger partial charge is 0.249 e. The van der Waals surface area contributed by atoms with Gasteiger partial charge in [0.2, 0.25) is 0 Å². The summed E-state index contributed by atoms with van der Waals surface area (Å²) in [4.78, 5) is 9.51. The van der Waals surface area contributed by atoms with Crippen LogP contribution in [-0.4, -0.2) is 9.97 Å². The van der Waals surface area contributed by atoms with Gasteiger partial charge in [0, 0.05) is 11.1 Å². The maximum absolute atomic E-state index is 4.76. The predicted octanol–water partition coefficient (Wildman–Crippen LogP) is 4.43. The third kappa shape index (κ3) is 2.32. The molecule has 1 aromatic heterocycles. The summed E-state index contributed by atoms with van der Waals surface area (Å²) < 4.78 is 0. The second-order valence-corrected chi connectivity index (χ2v) is 4.82. The molecule has 98 valence electrons. The highest BCUT2D eigenvalue weighted by molar-refractivity contribution is 5.77. The molecule has 2 aromatic carbocycles. The van der Waals surface area contributed by atoms with Crippen molar-refractivity contribution < 1.29 is 0 Å². The topological polar surface area (TPSA) is 25.8 Å². The lowest BCUT2D eigenvalue weighted by Gasteiger charge is -2.11. The van der Waals surface area contributed by atoms with Crippen molar-refractivity contribution in [3.8, 4) is 22.5 Å². The molecule has 0 spiro atoms. The zero-order chi connectivity index (χ0) is 13.9. The lowest BCUT2D eigenvalue weighted by atomic mass is 10.0. The van der Waals surface area contributed by atoms with E-state index < -0.39 is 0 Å². The average Bonchev–Trinajstić information content (AvgIpc) is 2.51. The molecular weight excluding hydrogens is 244 g/mol. The smallest absolute Gasteiger partial charge is 0.0968 e. The summed E-state index contributed by atoms with van der Waals surface area (Å²) in [7, 11) is 0. The van der Waals surface area contributed by atoms with Gasteiger partial charge in [-0.05, 0) is 13.8 Å². The Bertz CT molecular complexity index is 655. The van der Waals surface area contributed by atoms with Gasteiger partial charge in [-0.2, -0.15) is 0 Å². The number of benzene rings is 2. The van der Waals surface area contributed by atoms with Gasteiger partial charge in [0.15, 0.2) is 0 Å². The van der Waals surface area contributed by atoms with Crippen LogP contribution in [0.1, 0.15) is 11.4 Å². The average molecular weight is 260 g/mol. The number of aromatic nitrogens is 2. The minimum Gasteiger partial charge on any atom is -0.249 e. The Labute approximate surface area is 119 Å². The van der Waals surface area contributed by atoms with E-state index in [1.54, 1.807) is 0 Å². The molecule has 2 heteroatoms. The molecule has 0 bridgehead atoms. The first-order chi connectivity index (χ1) is 9.75. The van der Waals surface area contributed by atoms with E-state index in [0.29, 0.717) is 0 Å². The predicted molar refractivity (Wildman–Crippen MR) is 82.4 cm³/mol. The number of hydrogen-bond acceptors (Lipinski definition) is 2. The summed E-state index contributed by atoms with van der Waals surface area (Å²) in [5, 5.41) is 0. The SMILES string of the molecule is Cc1nc(-c2ccccc2)c(-c2ccccc2)nc1C. The van der Waals surface area contributed by atoms with Crippen molar-refractivity contribution in [1.29, 1.82) is 0 Å². The van der Waals surface area contributed by atoms with Crippen LogP contribution in [0.4, 0.5) is 0 Å². The van der Waals surface area contributed by atoms with Gasteiger partial charge in [-0.3, -0.25) is 0 Å². The summed E-state index contributed by atoms with van der Waals surface area (Å²) in [6.07, 6.45) is 0. The lowest BCUT2D eigenvalue weighted by molar-refractivity contribution is 1.06. The van der Waals surface area contributed by atoms with Gasteiger partial charge in [0.25, 0.3) is 0 Å². The molecule has 0 aliphatic rings. The molecule has 0 atom stereocenters. The summed E-state index contributed by atoms with van der Waals surface area (Å²) in [5.41, 5.74) is 6.04. The third-order valence-corrected chi connectivity index (χ3v) is 3.40. The van der Waals surface area contributed by atoms with Crippen molar-refractivity contribution in [2.45, 2.75) is 13.8 Å².